The highest BCUT2D eigenvalue weighted by Crippen LogP contribution is 2.39. The number of aromatic nitrogens is 1. The quantitative estimate of drug-likeness (QED) is 0.334. The van der Waals surface area contributed by atoms with Gasteiger partial charge in [-0.1, -0.05) is 0 Å². The fourth-order valence-corrected chi connectivity index (χ4v) is 3.32. The maximum absolute atomic E-state index is 13.3. The Morgan fingerprint density at radius 2 is 1.83 bits per heavy atom. The minimum absolute atomic E-state index is 0.0161. The first-order valence-corrected chi connectivity index (χ1v) is 9.46. The van der Waals surface area contributed by atoms with Crippen LogP contribution >= 0.6 is 0 Å². The van der Waals surface area contributed by atoms with Gasteiger partial charge in [0.15, 0.2) is 0 Å². The van der Waals surface area contributed by atoms with Gasteiger partial charge in [0.25, 0.3) is 11.7 Å². The molecule has 7 heteroatoms. The maximum atomic E-state index is 13.3. The van der Waals surface area contributed by atoms with Gasteiger partial charge in [-0.15, -0.1) is 0 Å². The molecule has 1 N–H and O–H groups in total. The minimum atomic E-state index is -0.765. The maximum Gasteiger partial charge on any atom is 0.295 e. The number of carbonyl (C=O) groups excluding carboxylic acids is 2. The molecule has 0 aliphatic carbocycles. The van der Waals surface area contributed by atoms with Crippen LogP contribution in [0.4, 0.5) is 4.39 Å². The summed E-state index contributed by atoms with van der Waals surface area (Å²) in [6, 6.07) is 7.78. The number of Topliss-reactive ketones (excluding diaryl/α,β-unsaturated/α-hetero) is 1. The van der Waals surface area contributed by atoms with E-state index in [1.807, 2.05) is 13.8 Å². The zero-order chi connectivity index (χ0) is 21.0. The lowest BCUT2D eigenvalue weighted by Crippen LogP contribution is -2.31. The van der Waals surface area contributed by atoms with E-state index in [0.29, 0.717) is 25.1 Å². The van der Waals surface area contributed by atoms with Crippen molar-refractivity contribution in [2.24, 2.45) is 0 Å². The zero-order valence-corrected chi connectivity index (χ0v) is 16.3. The number of benzene rings is 1. The average molecular weight is 398 g/mol. The highest BCUT2D eigenvalue weighted by Gasteiger charge is 2.45. The molecule has 2 heterocycles. The largest absolute Gasteiger partial charge is 0.507 e. The third kappa shape index (κ3) is 4.51. The van der Waals surface area contributed by atoms with Crippen molar-refractivity contribution < 1.29 is 23.8 Å². The number of hydrogen-bond donors (Lipinski definition) is 1. The van der Waals surface area contributed by atoms with Gasteiger partial charge >= 0.3 is 0 Å². The Bertz CT molecular complexity index is 910. The Balaban J connectivity index is 1.99. The molecule has 1 fully saturated rings. The second-order valence-corrected chi connectivity index (χ2v) is 7.05. The molecule has 1 aromatic heterocycles. The molecule has 29 heavy (non-hydrogen) atoms. The SMILES string of the molecule is CC(C)OCCCN1C(=O)C(=O)/C(=C(\O)c2ccc(F)cc2)C1c1ccncc1. The van der Waals surface area contributed by atoms with E-state index in [1.54, 1.807) is 24.5 Å². The van der Waals surface area contributed by atoms with Gasteiger partial charge in [-0.05, 0) is 62.2 Å². The van der Waals surface area contributed by atoms with Crippen molar-refractivity contribution in [3.8, 4) is 0 Å². The van der Waals surface area contributed by atoms with Gasteiger partial charge < -0.3 is 14.7 Å². The van der Waals surface area contributed by atoms with Crippen LogP contribution in [0.5, 0.6) is 0 Å². The van der Waals surface area contributed by atoms with Gasteiger partial charge in [-0.2, -0.15) is 0 Å². The van der Waals surface area contributed by atoms with E-state index in [4.69, 9.17) is 4.74 Å². The van der Waals surface area contributed by atoms with Crippen molar-refractivity contribution >= 4 is 17.4 Å². The predicted molar refractivity (Wildman–Crippen MR) is 105 cm³/mol. The molecule has 1 aromatic carbocycles. The number of nitrogens with zero attached hydrogens (tertiary/aromatic N) is 2. The van der Waals surface area contributed by atoms with Crippen molar-refractivity contribution in [2.45, 2.75) is 32.4 Å². The molecule has 0 saturated carbocycles. The highest BCUT2D eigenvalue weighted by molar-refractivity contribution is 6.46. The summed E-state index contributed by atoms with van der Waals surface area (Å²) >= 11 is 0. The van der Waals surface area contributed by atoms with Crippen LogP contribution in [0.1, 0.15) is 37.4 Å². The molecule has 1 unspecified atom stereocenters. The van der Waals surface area contributed by atoms with Crippen LogP contribution in [0.3, 0.4) is 0 Å². The lowest BCUT2D eigenvalue weighted by molar-refractivity contribution is -0.140. The van der Waals surface area contributed by atoms with Crippen molar-refractivity contribution in [3.63, 3.8) is 0 Å². The van der Waals surface area contributed by atoms with Crippen molar-refractivity contribution in [1.29, 1.82) is 0 Å². The molecule has 1 atom stereocenters. The molecular formula is C22H23FN2O4. The number of halogens is 1. The molecule has 1 aliphatic rings. The van der Waals surface area contributed by atoms with Crippen molar-refractivity contribution in [3.05, 3.63) is 71.3 Å². The first kappa shape index (κ1) is 20.7. The molecule has 1 amide bonds. The first-order valence-electron chi connectivity index (χ1n) is 9.46. The number of aliphatic hydroxyl groups is 1. The zero-order valence-electron chi connectivity index (χ0n) is 16.3. The summed E-state index contributed by atoms with van der Waals surface area (Å²) in [4.78, 5) is 30.9. The normalized spacial score (nSPS) is 18.6. The number of ether oxygens (including phenoxy) is 1. The van der Waals surface area contributed by atoms with Gasteiger partial charge in [0.1, 0.15) is 11.6 Å². The van der Waals surface area contributed by atoms with Crippen LogP contribution in [-0.4, -0.2) is 45.9 Å². The van der Waals surface area contributed by atoms with Crippen LogP contribution in [0.2, 0.25) is 0 Å². The van der Waals surface area contributed by atoms with Gasteiger partial charge in [0.05, 0.1) is 17.7 Å². The molecular weight excluding hydrogens is 375 g/mol. The van der Waals surface area contributed by atoms with Gasteiger partial charge in [0.2, 0.25) is 0 Å². The molecule has 0 radical (unpaired) electrons. The number of likely N-dealkylation sites (tertiary alicyclic amines) is 1. The molecule has 2 aromatic rings. The number of aliphatic hydroxyl groups excluding tert-OH is 1. The first-order chi connectivity index (χ1) is 13.9. The van der Waals surface area contributed by atoms with Crippen molar-refractivity contribution in [1.82, 2.24) is 9.88 Å². The third-order valence-electron chi connectivity index (χ3n) is 4.67. The lowest BCUT2D eigenvalue weighted by atomic mass is 9.96. The van der Waals surface area contributed by atoms with Crippen LogP contribution in [0, 0.1) is 5.82 Å². The Kier molecular flexibility index (Phi) is 6.39. The van der Waals surface area contributed by atoms with Crippen LogP contribution in [0.15, 0.2) is 54.4 Å². The number of carbonyl (C=O) groups is 2. The fourth-order valence-electron chi connectivity index (χ4n) is 3.32. The summed E-state index contributed by atoms with van der Waals surface area (Å²) in [5.41, 5.74) is 0.914. The minimum Gasteiger partial charge on any atom is -0.507 e. The van der Waals surface area contributed by atoms with E-state index < -0.39 is 23.5 Å². The Morgan fingerprint density at radius 3 is 2.45 bits per heavy atom. The van der Waals surface area contributed by atoms with Crippen LogP contribution in [-0.2, 0) is 14.3 Å². The van der Waals surface area contributed by atoms with E-state index in [9.17, 15) is 19.1 Å². The van der Waals surface area contributed by atoms with E-state index in [-0.39, 0.29) is 23.0 Å². The number of amides is 1. The van der Waals surface area contributed by atoms with Crippen LogP contribution in [0.25, 0.3) is 5.76 Å². The molecule has 0 spiro atoms. The molecule has 6 nitrogen and oxygen atoms in total. The van der Waals surface area contributed by atoms with Gasteiger partial charge in [0, 0.05) is 31.1 Å². The predicted octanol–water partition coefficient (Wildman–Crippen LogP) is 3.46. The second-order valence-electron chi connectivity index (χ2n) is 7.05. The smallest absolute Gasteiger partial charge is 0.295 e. The average Bonchev–Trinajstić information content (AvgIpc) is 2.96. The number of rotatable bonds is 7. The topological polar surface area (TPSA) is 79.7 Å². The van der Waals surface area contributed by atoms with Gasteiger partial charge in [-0.25, -0.2) is 4.39 Å². The van der Waals surface area contributed by atoms with E-state index in [1.165, 1.54) is 29.2 Å². The highest BCUT2D eigenvalue weighted by atomic mass is 19.1. The summed E-state index contributed by atoms with van der Waals surface area (Å²) in [5, 5.41) is 10.8. The Labute approximate surface area is 168 Å². The fraction of sp³-hybridized carbons (Fsp3) is 0.318. The van der Waals surface area contributed by atoms with Crippen LogP contribution < -0.4 is 0 Å². The molecule has 3 rings (SSSR count). The summed E-state index contributed by atoms with van der Waals surface area (Å²) < 4.78 is 18.8. The summed E-state index contributed by atoms with van der Waals surface area (Å²) in [6.07, 6.45) is 3.74. The summed E-state index contributed by atoms with van der Waals surface area (Å²) in [5.74, 6) is -2.23. The molecule has 152 valence electrons. The molecule has 1 saturated heterocycles. The van der Waals surface area contributed by atoms with Gasteiger partial charge in [-0.3, -0.25) is 14.6 Å². The van der Waals surface area contributed by atoms with E-state index >= 15 is 0 Å². The summed E-state index contributed by atoms with van der Waals surface area (Å²) in [7, 11) is 0. The Hall–Kier alpha value is -3.06. The van der Waals surface area contributed by atoms with E-state index in [0.717, 1.165) is 0 Å². The second kappa shape index (κ2) is 8.96. The Morgan fingerprint density at radius 1 is 1.17 bits per heavy atom. The third-order valence-corrected chi connectivity index (χ3v) is 4.67. The monoisotopic (exact) mass is 398 g/mol. The molecule has 1 aliphatic heterocycles. The summed E-state index contributed by atoms with van der Waals surface area (Å²) in [6.45, 7) is 4.59. The van der Waals surface area contributed by atoms with Crippen molar-refractivity contribution in [2.75, 3.05) is 13.2 Å². The lowest BCUT2D eigenvalue weighted by Gasteiger charge is -2.25. The number of ketones is 1. The van der Waals surface area contributed by atoms with E-state index in [2.05, 4.69) is 4.98 Å². The molecule has 0 bridgehead atoms. The standard InChI is InChI=1S/C22H23FN2O4/c1-14(2)29-13-3-12-25-19(15-8-10-24-11-9-15)18(21(27)22(25)28)20(26)16-4-6-17(23)7-5-16/h4-11,14,19,26H,3,12-13H2,1-2H3/b20-18-. The number of hydrogen-bond acceptors (Lipinski definition) is 5. The number of pyridine rings is 1.